The molecule has 1 atom stereocenters. The van der Waals surface area contributed by atoms with Crippen LogP contribution in [0.3, 0.4) is 0 Å². The van der Waals surface area contributed by atoms with Gasteiger partial charge in [-0.25, -0.2) is 9.59 Å². The summed E-state index contributed by atoms with van der Waals surface area (Å²) in [6, 6.07) is 7.50. The van der Waals surface area contributed by atoms with Gasteiger partial charge in [0.05, 0.1) is 0 Å². The third kappa shape index (κ3) is 6.81. The summed E-state index contributed by atoms with van der Waals surface area (Å²) in [5.74, 6) is 0.407. The number of nitrogens with one attached hydrogen (secondary N) is 1. The first-order chi connectivity index (χ1) is 13.0. The van der Waals surface area contributed by atoms with Crippen LogP contribution in [0, 0.1) is 6.92 Å². The van der Waals surface area contributed by atoms with Crippen molar-refractivity contribution in [2.24, 2.45) is 0 Å². The highest BCUT2D eigenvalue weighted by Crippen LogP contribution is 2.22. The molecule has 2 rings (SSSR count). The van der Waals surface area contributed by atoms with Gasteiger partial charge in [0.25, 0.3) is 0 Å². The Morgan fingerprint density at radius 2 is 1.89 bits per heavy atom. The number of aryl methyl sites for hydroxylation is 1. The van der Waals surface area contributed by atoms with Crippen molar-refractivity contribution < 1.29 is 28.6 Å². The molecule has 0 radical (unpaired) electrons. The number of halogens is 1. The van der Waals surface area contributed by atoms with E-state index >= 15 is 0 Å². The minimum absolute atomic E-state index is 0.0192. The molecule has 1 aromatic carbocycles. The lowest BCUT2D eigenvalue weighted by molar-refractivity contribution is -0.139. The molecule has 0 fully saturated rings. The predicted octanol–water partition coefficient (Wildman–Crippen LogP) is 4.34. The van der Waals surface area contributed by atoms with Crippen LogP contribution in [0.25, 0.3) is 0 Å². The first-order valence-electron chi connectivity index (χ1n) is 8.72. The van der Waals surface area contributed by atoms with E-state index in [4.69, 9.17) is 25.5 Å². The standard InChI is InChI=1S/C20H24ClNO6/c1-12-9-13(7-8-16(12)21)26-11-15-6-5-14(27-15)10-17(18(23)24)22-19(25)28-20(2,3)4/h5-9,17H,10-11H2,1-4H3,(H,22,25)(H,23,24). The number of carbonyl (C=O) groups excluding carboxylic acids is 1. The molecule has 2 N–H and O–H groups in total. The Bertz CT molecular complexity index is 839. The van der Waals surface area contributed by atoms with Crippen LogP contribution in [0.4, 0.5) is 4.79 Å². The molecular formula is C20H24ClNO6. The Morgan fingerprint density at radius 3 is 2.50 bits per heavy atom. The molecule has 1 unspecified atom stereocenters. The lowest BCUT2D eigenvalue weighted by Crippen LogP contribution is -2.44. The number of alkyl carbamates (subject to hydrolysis) is 1. The number of carbonyl (C=O) groups is 2. The van der Waals surface area contributed by atoms with Gasteiger partial charge in [0.2, 0.25) is 0 Å². The van der Waals surface area contributed by atoms with E-state index in [9.17, 15) is 14.7 Å². The summed E-state index contributed by atoms with van der Waals surface area (Å²) in [6.07, 6.45) is -0.817. The lowest BCUT2D eigenvalue weighted by atomic mass is 10.1. The van der Waals surface area contributed by atoms with Gasteiger partial charge in [0.1, 0.15) is 35.5 Å². The van der Waals surface area contributed by atoms with Crippen molar-refractivity contribution in [3.05, 3.63) is 52.4 Å². The van der Waals surface area contributed by atoms with Gasteiger partial charge in [-0.3, -0.25) is 0 Å². The van der Waals surface area contributed by atoms with Crippen LogP contribution < -0.4 is 10.1 Å². The molecule has 0 saturated heterocycles. The fourth-order valence-electron chi connectivity index (χ4n) is 2.32. The molecule has 1 aromatic heterocycles. The summed E-state index contributed by atoms with van der Waals surface area (Å²) >= 11 is 5.99. The molecule has 2 aromatic rings. The van der Waals surface area contributed by atoms with Gasteiger partial charge in [-0.15, -0.1) is 0 Å². The second kappa shape index (κ2) is 9.01. The average Bonchev–Trinajstić information content (AvgIpc) is 3.01. The Labute approximate surface area is 168 Å². The number of hydrogen-bond acceptors (Lipinski definition) is 5. The molecule has 0 aliphatic rings. The normalized spacial score (nSPS) is 12.3. The van der Waals surface area contributed by atoms with E-state index in [1.807, 2.05) is 13.0 Å². The molecule has 1 heterocycles. The highest BCUT2D eigenvalue weighted by molar-refractivity contribution is 6.31. The maximum atomic E-state index is 11.8. The van der Waals surface area contributed by atoms with Crippen molar-refractivity contribution >= 4 is 23.7 Å². The summed E-state index contributed by atoms with van der Waals surface area (Å²) in [5, 5.41) is 12.3. The molecule has 28 heavy (non-hydrogen) atoms. The van der Waals surface area contributed by atoms with Crippen molar-refractivity contribution in [3.8, 4) is 5.75 Å². The number of carboxylic acid groups (broad SMARTS) is 1. The van der Waals surface area contributed by atoms with Crippen LogP contribution in [0.5, 0.6) is 5.75 Å². The molecule has 0 bridgehead atoms. The van der Waals surface area contributed by atoms with E-state index in [1.54, 1.807) is 45.0 Å². The van der Waals surface area contributed by atoms with Gasteiger partial charge >= 0.3 is 12.1 Å². The topological polar surface area (TPSA) is 98.0 Å². The largest absolute Gasteiger partial charge is 0.486 e. The summed E-state index contributed by atoms with van der Waals surface area (Å²) in [6.45, 7) is 7.15. The van der Waals surface area contributed by atoms with E-state index in [2.05, 4.69) is 5.32 Å². The van der Waals surface area contributed by atoms with Crippen LogP contribution in [0.15, 0.2) is 34.7 Å². The zero-order valence-electron chi connectivity index (χ0n) is 16.2. The van der Waals surface area contributed by atoms with Gasteiger partial charge in [0, 0.05) is 11.4 Å². The van der Waals surface area contributed by atoms with E-state index in [0.717, 1.165) is 5.56 Å². The SMILES string of the molecule is Cc1cc(OCc2ccc(CC(NC(=O)OC(C)(C)C)C(=O)O)o2)ccc1Cl. The first-order valence-corrected chi connectivity index (χ1v) is 9.10. The Hall–Kier alpha value is -2.67. The number of rotatable bonds is 7. The third-order valence-corrected chi connectivity index (χ3v) is 4.05. The highest BCUT2D eigenvalue weighted by atomic mass is 35.5. The number of ether oxygens (including phenoxy) is 2. The lowest BCUT2D eigenvalue weighted by Gasteiger charge is -2.21. The number of carboxylic acids is 1. The van der Waals surface area contributed by atoms with Crippen molar-refractivity contribution in [1.82, 2.24) is 5.32 Å². The number of amides is 1. The van der Waals surface area contributed by atoms with E-state index in [0.29, 0.717) is 22.3 Å². The molecule has 8 heteroatoms. The van der Waals surface area contributed by atoms with Crippen LogP contribution in [0.1, 0.15) is 37.9 Å². The number of hydrogen-bond donors (Lipinski definition) is 2. The van der Waals surface area contributed by atoms with Gasteiger partial charge < -0.3 is 24.3 Å². The summed E-state index contributed by atoms with van der Waals surface area (Å²) in [5.41, 5.74) is 0.180. The molecule has 0 saturated carbocycles. The van der Waals surface area contributed by atoms with Gasteiger partial charge in [-0.1, -0.05) is 11.6 Å². The number of aliphatic carboxylic acids is 1. The summed E-state index contributed by atoms with van der Waals surface area (Å²) < 4.78 is 16.4. The Balaban J connectivity index is 1.94. The smallest absolute Gasteiger partial charge is 0.408 e. The van der Waals surface area contributed by atoms with Crippen molar-refractivity contribution in [2.75, 3.05) is 0 Å². The monoisotopic (exact) mass is 409 g/mol. The van der Waals surface area contributed by atoms with E-state index < -0.39 is 23.7 Å². The van der Waals surface area contributed by atoms with Gasteiger partial charge in [-0.2, -0.15) is 0 Å². The maximum Gasteiger partial charge on any atom is 0.408 e. The highest BCUT2D eigenvalue weighted by Gasteiger charge is 2.25. The van der Waals surface area contributed by atoms with Crippen LogP contribution in [0.2, 0.25) is 5.02 Å². The molecular weight excluding hydrogens is 386 g/mol. The molecule has 0 aliphatic carbocycles. The molecule has 152 valence electrons. The average molecular weight is 410 g/mol. The van der Waals surface area contributed by atoms with E-state index in [-0.39, 0.29) is 13.0 Å². The quantitative estimate of drug-likeness (QED) is 0.705. The zero-order chi connectivity index (χ0) is 20.9. The zero-order valence-corrected chi connectivity index (χ0v) is 17.0. The van der Waals surface area contributed by atoms with Crippen LogP contribution >= 0.6 is 11.6 Å². The number of benzene rings is 1. The minimum Gasteiger partial charge on any atom is -0.486 e. The molecule has 1 amide bonds. The first kappa shape index (κ1) is 21.6. The fourth-order valence-corrected chi connectivity index (χ4v) is 2.44. The molecule has 0 spiro atoms. The van der Waals surface area contributed by atoms with Gasteiger partial charge in [0.15, 0.2) is 0 Å². The minimum atomic E-state index is -1.18. The van der Waals surface area contributed by atoms with Gasteiger partial charge in [-0.05, 0) is 63.6 Å². The molecule has 0 aliphatic heterocycles. The summed E-state index contributed by atoms with van der Waals surface area (Å²) in [7, 11) is 0. The fraction of sp³-hybridized carbons (Fsp3) is 0.400. The Morgan fingerprint density at radius 1 is 1.21 bits per heavy atom. The number of furan rings is 1. The van der Waals surface area contributed by atoms with Crippen molar-refractivity contribution in [2.45, 2.75) is 52.4 Å². The Kier molecular flexibility index (Phi) is 6.96. The maximum absolute atomic E-state index is 11.8. The summed E-state index contributed by atoms with van der Waals surface area (Å²) in [4.78, 5) is 23.3. The van der Waals surface area contributed by atoms with Crippen LogP contribution in [-0.2, 0) is 22.6 Å². The van der Waals surface area contributed by atoms with Crippen molar-refractivity contribution in [1.29, 1.82) is 0 Å². The molecule has 7 nitrogen and oxygen atoms in total. The van der Waals surface area contributed by atoms with Crippen LogP contribution in [-0.4, -0.2) is 28.8 Å². The second-order valence-corrected chi connectivity index (χ2v) is 7.72. The second-order valence-electron chi connectivity index (χ2n) is 7.31. The predicted molar refractivity (Wildman–Crippen MR) is 104 cm³/mol. The van der Waals surface area contributed by atoms with E-state index in [1.165, 1.54) is 0 Å². The third-order valence-electron chi connectivity index (χ3n) is 3.62. The van der Waals surface area contributed by atoms with Crippen molar-refractivity contribution in [3.63, 3.8) is 0 Å².